The molecule has 0 rings (SSSR count). The van der Waals surface area contributed by atoms with Crippen LogP contribution in [0.1, 0.15) is 48.0 Å². The molecule has 0 aliphatic rings. The van der Waals surface area contributed by atoms with Crippen molar-refractivity contribution in [1.29, 1.82) is 0 Å². The Morgan fingerprint density at radius 1 is 1.08 bits per heavy atom. The van der Waals surface area contributed by atoms with Crippen LogP contribution >= 0.6 is 0 Å². The first-order valence-electron chi connectivity index (χ1n) is 5.46. The highest BCUT2D eigenvalue weighted by atomic mass is 14.9. The average Bonchev–Trinajstić information content (AvgIpc) is 1.96. The number of rotatable bonds is 4. The topological polar surface area (TPSA) is 12.0 Å². The molecule has 1 N–H and O–H groups in total. The minimum absolute atomic E-state index is 0.435. The van der Waals surface area contributed by atoms with Gasteiger partial charge in [-0.05, 0) is 30.7 Å². The highest BCUT2D eigenvalue weighted by Gasteiger charge is 2.24. The van der Waals surface area contributed by atoms with Gasteiger partial charge in [-0.15, -0.1) is 0 Å². The van der Waals surface area contributed by atoms with Crippen LogP contribution in [-0.2, 0) is 0 Å². The van der Waals surface area contributed by atoms with E-state index in [9.17, 15) is 0 Å². The lowest BCUT2D eigenvalue weighted by atomic mass is 9.77. The Kier molecular flexibility index (Phi) is 4.98. The maximum absolute atomic E-state index is 3.40. The molecule has 0 saturated carbocycles. The molecule has 13 heavy (non-hydrogen) atoms. The average molecular weight is 185 g/mol. The van der Waals surface area contributed by atoms with E-state index in [2.05, 4.69) is 53.9 Å². The van der Waals surface area contributed by atoms with Crippen LogP contribution < -0.4 is 5.32 Å². The molecule has 0 amide bonds. The summed E-state index contributed by atoms with van der Waals surface area (Å²) in [6, 6.07) is 0.661. The Bertz CT molecular complexity index is 133. The fraction of sp³-hybridized carbons (Fsp3) is 1.00. The quantitative estimate of drug-likeness (QED) is 0.708. The molecule has 0 aromatic carbocycles. The van der Waals surface area contributed by atoms with E-state index in [1.807, 2.05) is 0 Å². The smallest absolute Gasteiger partial charge is 0.00897 e. The molecular formula is C12H27N. The van der Waals surface area contributed by atoms with Crippen LogP contribution in [0.3, 0.4) is 0 Å². The third kappa shape index (κ3) is 4.66. The predicted molar refractivity (Wildman–Crippen MR) is 60.9 cm³/mol. The molecule has 2 unspecified atom stereocenters. The van der Waals surface area contributed by atoms with Crippen LogP contribution in [0.25, 0.3) is 0 Å². The van der Waals surface area contributed by atoms with Crippen LogP contribution in [0.4, 0.5) is 0 Å². The van der Waals surface area contributed by atoms with Crippen molar-refractivity contribution in [3.63, 3.8) is 0 Å². The minimum Gasteiger partial charge on any atom is -0.317 e. The van der Waals surface area contributed by atoms with Gasteiger partial charge in [-0.25, -0.2) is 0 Å². The van der Waals surface area contributed by atoms with Gasteiger partial charge in [0.05, 0.1) is 0 Å². The second-order valence-corrected chi connectivity index (χ2v) is 5.64. The summed E-state index contributed by atoms with van der Waals surface area (Å²) >= 11 is 0. The summed E-state index contributed by atoms with van der Waals surface area (Å²) in [7, 11) is 2.07. The van der Waals surface area contributed by atoms with Crippen LogP contribution in [0.2, 0.25) is 0 Å². The van der Waals surface area contributed by atoms with Gasteiger partial charge in [-0.3, -0.25) is 0 Å². The van der Waals surface area contributed by atoms with Gasteiger partial charge >= 0.3 is 0 Å². The Morgan fingerprint density at radius 3 is 1.77 bits per heavy atom. The molecule has 1 nitrogen and oxygen atoms in total. The van der Waals surface area contributed by atoms with E-state index < -0.39 is 0 Å². The van der Waals surface area contributed by atoms with Crippen molar-refractivity contribution >= 4 is 0 Å². The summed E-state index contributed by atoms with van der Waals surface area (Å²) in [5.41, 5.74) is 0.435. The van der Waals surface area contributed by atoms with Crippen LogP contribution in [0.15, 0.2) is 0 Å². The molecule has 0 aromatic heterocycles. The maximum atomic E-state index is 3.40. The number of hydrogen-bond acceptors (Lipinski definition) is 1. The lowest BCUT2D eigenvalue weighted by Gasteiger charge is -2.32. The number of hydrogen-bond donors (Lipinski definition) is 1. The van der Waals surface area contributed by atoms with E-state index in [0.29, 0.717) is 11.5 Å². The van der Waals surface area contributed by atoms with Crippen molar-refractivity contribution in [3.05, 3.63) is 0 Å². The molecule has 80 valence electrons. The van der Waals surface area contributed by atoms with E-state index in [-0.39, 0.29) is 0 Å². The van der Waals surface area contributed by atoms with Gasteiger partial charge in [0.15, 0.2) is 0 Å². The zero-order valence-corrected chi connectivity index (χ0v) is 10.4. The van der Waals surface area contributed by atoms with Crippen molar-refractivity contribution in [3.8, 4) is 0 Å². The standard InChI is InChI=1S/C12H27N/c1-9(2)11(13-7)8-10(3)12(4,5)6/h9-11,13H,8H2,1-7H3. The Balaban J connectivity index is 4.09. The molecule has 0 spiro atoms. The van der Waals surface area contributed by atoms with Gasteiger partial charge in [0.2, 0.25) is 0 Å². The normalized spacial score (nSPS) is 17.5. The number of nitrogens with one attached hydrogen (secondary N) is 1. The predicted octanol–water partition coefficient (Wildman–Crippen LogP) is 3.30. The fourth-order valence-electron chi connectivity index (χ4n) is 1.46. The van der Waals surface area contributed by atoms with Crippen molar-refractivity contribution in [2.45, 2.75) is 54.0 Å². The lowest BCUT2D eigenvalue weighted by Crippen LogP contribution is -2.35. The van der Waals surface area contributed by atoms with Gasteiger partial charge in [0.25, 0.3) is 0 Å². The first-order valence-corrected chi connectivity index (χ1v) is 5.46. The van der Waals surface area contributed by atoms with Gasteiger partial charge in [-0.2, -0.15) is 0 Å². The van der Waals surface area contributed by atoms with E-state index in [0.717, 1.165) is 11.8 Å². The first-order chi connectivity index (χ1) is 5.79. The van der Waals surface area contributed by atoms with Crippen molar-refractivity contribution < 1.29 is 0 Å². The third-order valence-electron chi connectivity index (χ3n) is 3.26. The zero-order valence-electron chi connectivity index (χ0n) is 10.4. The van der Waals surface area contributed by atoms with Crippen LogP contribution in [0.5, 0.6) is 0 Å². The Morgan fingerprint density at radius 2 is 1.54 bits per heavy atom. The molecule has 0 heterocycles. The highest BCUT2D eigenvalue weighted by Crippen LogP contribution is 2.30. The van der Waals surface area contributed by atoms with Gasteiger partial charge < -0.3 is 5.32 Å². The molecule has 0 aliphatic heterocycles. The van der Waals surface area contributed by atoms with E-state index in [4.69, 9.17) is 0 Å². The second-order valence-electron chi connectivity index (χ2n) is 5.64. The summed E-state index contributed by atoms with van der Waals surface area (Å²) < 4.78 is 0. The Labute approximate surface area is 84.3 Å². The maximum Gasteiger partial charge on any atom is 0.00897 e. The van der Waals surface area contributed by atoms with E-state index >= 15 is 0 Å². The summed E-state index contributed by atoms with van der Waals surface area (Å²) in [6.45, 7) is 13.9. The van der Waals surface area contributed by atoms with Crippen molar-refractivity contribution in [1.82, 2.24) is 5.32 Å². The molecule has 0 saturated heterocycles. The minimum atomic E-state index is 0.435. The summed E-state index contributed by atoms with van der Waals surface area (Å²) in [5, 5.41) is 3.40. The molecule has 0 fully saturated rings. The molecule has 0 aliphatic carbocycles. The molecule has 0 aromatic rings. The molecule has 0 radical (unpaired) electrons. The highest BCUT2D eigenvalue weighted by molar-refractivity contribution is 4.77. The van der Waals surface area contributed by atoms with Gasteiger partial charge in [-0.1, -0.05) is 41.5 Å². The van der Waals surface area contributed by atoms with E-state index in [1.54, 1.807) is 0 Å². The fourth-order valence-corrected chi connectivity index (χ4v) is 1.46. The molecule has 0 bridgehead atoms. The van der Waals surface area contributed by atoms with Crippen molar-refractivity contribution in [2.24, 2.45) is 17.3 Å². The van der Waals surface area contributed by atoms with Crippen molar-refractivity contribution in [2.75, 3.05) is 7.05 Å². The molecular weight excluding hydrogens is 158 g/mol. The second kappa shape index (κ2) is 4.99. The van der Waals surface area contributed by atoms with Gasteiger partial charge in [0, 0.05) is 6.04 Å². The lowest BCUT2D eigenvalue weighted by molar-refractivity contribution is 0.209. The largest absolute Gasteiger partial charge is 0.317 e. The third-order valence-corrected chi connectivity index (χ3v) is 3.26. The van der Waals surface area contributed by atoms with Crippen LogP contribution in [0, 0.1) is 17.3 Å². The Hall–Kier alpha value is -0.0400. The van der Waals surface area contributed by atoms with Crippen LogP contribution in [-0.4, -0.2) is 13.1 Å². The first kappa shape index (κ1) is 13.0. The molecule has 2 atom stereocenters. The molecule has 1 heteroatoms. The SMILES string of the molecule is CNC(CC(C)C(C)(C)C)C(C)C. The summed E-state index contributed by atoms with van der Waals surface area (Å²) in [6.07, 6.45) is 1.28. The van der Waals surface area contributed by atoms with Gasteiger partial charge in [0.1, 0.15) is 0 Å². The summed E-state index contributed by atoms with van der Waals surface area (Å²) in [4.78, 5) is 0. The zero-order chi connectivity index (χ0) is 10.6. The summed E-state index contributed by atoms with van der Waals surface area (Å²) in [5.74, 6) is 1.50. The van der Waals surface area contributed by atoms with E-state index in [1.165, 1.54) is 6.42 Å². The monoisotopic (exact) mass is 185 g/mol.